The van der Waals surface area contributed by atoms with E-state index >= 15 is 0 Å². The van der Waals surface area contributed by atoms with Crippen LogP contribution in [0.1, 0.15) is 12.6 Å². The highest BCUT2D eigenvalue weighted by Gasteiger charge is 2.35. The molecule has 3 rings (SSSR count). The Balaban J connectivity index is 2.08. The van der Waals surface area contributed by atoms with Crippen LogP contribution in [0, 0.1) is 0 Å². The van der Waals surface area contributed by atoms with Gasteiger partial charge in [-0.3, -0.25) is 4.98 Å². The van der Waals surface area contributed by atoms with E-state index in [1.165, 1.54) is 6.20 Å². The molecule has 1 saturated heterocycles. The average Bonchev–Trinajstić information content (AvgIpc) is 2.55. The average molecular weight is 324 g/mol. The first-order valence-corrected chi connectivity index (χ1v) is 7.16. The molecule has 0 aromatic carbocycles. The van der Waals surface area contributed by atoms with E-state index in [9.17, 15) is 13.2 Å². The van der Waals surface area contributed by atoms with Crippen LogP contribution in [0.5, 0.6) is 0 Å². The number of hydrogen-bond acceptors (Lipinski definition) is 5. The minimum Gasteiger partial charge on any atom is -0.377 e. The summed E-state index contributed by atoms with van der Waals surface area (Å²) in [6.45, 7) is 3.28. The summed E-state index contributed by atoms with van der Waals surface area (Å²) >= 11 is 0. The Hall–Kier alpha value is -2.22. The lowest BCUT2D eigenvalue weighted by Crippen LogP contribution is -2.44. The highest BCUT2D eigenvalue weighted by molar-refractivity contribution is 5.57. The molecule has 1 aliphatic heterocycles. The van der Waals surface area contributed by atoms with Gasteiger partial charge in [0, 0.05) is 30.6 Å². The van der Waals surface area contributed by atoms with Crippen molar-refractivity contribution >= 4 is 5.82 Å². The summed E-state index contributed by atoms with van der Waals surface area (Å²) < 4.78 is 44.9. The monoisotopic (exact) mass is 324 g/mol. The highest BCUT2D eigenvalue weighted by atomic mass is 19.4. The second-order valence-electron chi connectivity index (χ2n) is 5.29. The smallest absolute Gasteiger partial charge is 0.377 e. The summed E-state index contributed by atoms with van der Waals surface area (Å²) in [6, 6.07) is 4.20. The van der Waals surface area contributed by atoms with E-state index < -0.39 is 11.9 Å². The molecule has 23 heavy (non-hydrogen) atoms. The van der Waals surface area contributed by atoms with Gasteiger partial charge in [0.15, 0.2) is 11.5 Å². The number of halogens is 3. The summed E-state index contributed by atoms with van der Waals surface area (Å²) in [7, 11) is 0. The Bertz CT molecular complexity index is 678. The number of rotatable bonds is 2. The zero-order valence-electron chi connectivity index (χ0n) is 12.4. The van der Waals surface area contributed by atoms with Gasteiger partial charge in [-0.15, -0.1) is 0 Å². The minimum atomic E-state index is -4.54. The molecule has 2 aromatic rings. The summed E-state index contributed by atoms with van der Waals surface area (Å²) in [6.07, 6.45) is -1.55. The van der Waals surface area contributed by atoms with E-state index in [0.717, 1.165) is 6.07 Å². The van der Waals surface area contributed by atoms with Gasteiger partial charge in [0.05, 0.1) is 19.3 Å². The van der Waals surface area contributed by atoms with E-state index in [2.05, 4.69) is 15.0 Å². The molecule has 1 fully saturated rings. The molecule has 5 nitrogen and oxygen atoms in total. The molecule has 0 unspecified atom stereocenters. The quantitative estimate of drug-likeness (QED) is 0.850. The third-order valence-corrected chi connectivity index (χ3v) is 3.58. The summed E-state index contributed by atoms with van der Waals surface area (Å²) in [5.74, 6) is 0.267. The van der Waals surface area contributed by atoms with Crippen molar-refractivity contribution in [3.63, 3.8) is 0 Å². The Kier molecular flexibility index (Phi) is 4.16. The normalized spacial score (nSPS) is 19.0. The highest BCUT2D eigenvalue weighted by Crippen LogP contribution is 2.32. The first-order chi connectivity index (χ1) is 10.9. The largest absolute Gasteiger partial charge is 0.433 e. The first-order valence-electron chi connectivity index (χ1n) is 7.16. The van der Waals surface area contributed by atoms with Gasteiger partial charge in [-0.1, -0.05) is 0 Å². The van der Waals surface area contributed by atoms with Crippen molar-refractivity contribution in [1.29, 1.82) is 0 Å². The molecule has 0 amide bonds. The Morgan fingerprint density at radius 2 is 2.13 bits per heavy atom. The molecule has 0 N–H and O–H groups in total. The van der Waals surface area contributed by atoms with Crippen molar-refractivity contribution in [3.05, 3.63) is 36.3 Å². The van der Waals surface area contributed by atoms with Crippen molar-refractivity contribution in [2.24, 2.45) is 0 Å². The van der Waals surface area contributed by atoms with Crippen molar-refractivity contribution in [2.75, 3.05) is 24.7 Å². The minimum absolute atomic E-state index is 0.0154. The molecule has 0 radical (unpaired) electrons. The maximum atomic E-state index is 13.2. The molecular formula is C15H15F3N4O. The Morgan fingerprint density at radius 3 is 2.78 bits per heavy atom. The number of aromatic nitrogens is 3. The lowest BCUT2D eigenvalue weighted by molar-refractivity contribution is -0.141. The summed E-state index contributed by atoms with van der Waals surface area (Å²) in [4.78, 5) is 13.7. The van der Waals surface area contributed by atoms with E-state index in [-0.39, 0.29) is 17.7 Å². The molecule has 0 saturated carbocycles. The van der Waals surface area contributed by atoms with Crippen LogP contribution >= 0.6 is 0 Å². The van der Waals surface area contributed by atoms with Crippen molar-refractivity contribution in [2.45, 2.75) is 19.1 Å². The molecule has 1 aliphatic rings. The second kappa shape index (κ2) is 6.11. The van der Waals surface area contributed by atoms with Crippen LogP contribution in [-0.4, -0.2) is 40.8 Å². The van der Waals surface area contributed by atoms with Crippen LogP contribution in [0.25, 0.3) is 11.4 Å². The van der Waals surface area contributed by atoms with Crippen LogP contribution in [0.15, 0.2) is 30.6 Å². The zero-order chi connectivity index (χ0) is 16.4. The van der Waals surface area contributed by atoms with E-state index in [1.54, 1.807) is 23.2 Å². The van der Waals surface area contributed by atoms with E-state index in [0.29, 0.717) is 25.3 Å². The lowest BCUT2D eigenvalue weighted by Gasteiger charge is -2.34. The number of pyridine rings is 1. The standard InChI is InChI=1S/C15H15F3N4O/c1-10-9-23-6-5-22(10)13-7-12(15(16,17)18)20-14(21-13)11-3-2-4-19-8-11/h2-4,7-8,10H,5-6,9H2,1H3/t10-/m1/s1. The van der Waals surface area contributed by atoms with Gasteiger partial charge in [0.2, 0.25) is 0 Å². The van der Waals surface area contributed by atoms with Gasteiger partial charge >= 0.3 is 6.18 Å². The second-order valence-corrected chi connectivity index (χ2v) is 5.29. The fourth-order valence-electron chi connectivity index (χ4n) is 2.42. The lowest BCUT2D eigenvalue weighted by atomic mass is 10.2. The molecule has 0 spiro atoms. The third kappa shape index (κ3) is 3.42. The first kappa shape index (κ1) is 15.7. The van der Waals surface area contributed by atoms with Crippen molar-refractivity contribution in [1.82, 2.24) is 15.0 Å². The van der Waals surface area contributed by atoms with Gasteiger partial charge in [-0.05, 0) is 19.1 Å². The molecule has 3 heterocycles. The number of anilines is 1. The number of morpholine rings is 1. The molecule has 0 aliphatic carbocycles. The van der Waals surface area contributed by atoms with Crippen LogP contribution in [-0.2, 0) is 10.9 Å². The summed E-state index contributed by atoms with van der Waals surface area (Å²) in [5, 5.41) is 0. The van der Waals surface area contributed by atoms with Crippen molar-refractivity contribution in [3.8, 4) is 11.4 Å². The SMILES string of the molecule is C[C@@H]1COCCN1c1cc(C(F)(F)F)nc(-c2cccnc2)n1. The van der Waals surface area contributed by atoms with E-state index in [4.69, 9.17) is 4.74 Å². The summed E-state index contributed by atoms with van der Waals surface area (Å²) in [5.41, 5.74) is -0.513. The number of alkyl halides is 3. The predicted molar refractivity (Wildman–Crippen MR) is 77.9 cm³/mol. The number of hydrogen-bond donors (Lipinski definition) is 0. The maximum Gasteiger partial charge on any atom is 0.433 e. The van der Waals surface area contributed by atoms with Gasteiger partial charge in [0.25, 0.3) is 0 Å². The zero-order valence-corrected chi connectivity index (χ0v) is 12.4. The fraction of sp³-hybridized carbons (Fsp3) is 0.400. The molecule has 122 valence electrons. The van der Waals surface area contributed by atoms with Crippen LogP contribution < -0.4 is 4.90 Å². The Morgan fingerprint density at radius 1 is 1.30 bits per heavy atom. The topological polar surface area (TPSA) is 51.1 Å². The van der Waals surface area contributed by atoms with Crippen LogP contribution in [0.3, 0.4) is 0 Å². The van der Waals surface area contributed by atoms with Gasteiger partial charge in [-0.2, -0.15) is 13.2 Å². The van der Waals surface area contributed by atoms with Crippen molar-refractivity contribution < 1.29 is 17.9 Å². The predicted octanol–water partition coefficient (Wildman–Crippen LogP) is 2.78. The third-order valence-electron chi connectivity index (χ3n) is 3.58. The fourth-order valence-corrected chi connectivity index (χ4v) is 2.42. The molecule has 2 aromatic heterocycles. The molecule has 0 bridgehead atoms. The van der Waals surface area contributed by atoms with Gasteiger partial charge in [-0.25, -0.2) is 9.97 Å². The van der Waals surface area contributed by atoms with Gasteiger partial charge in [0.1, 0.15) is 5.82 Å². The van der Waals surface area contributed by atoms with E-state index in [1.807, 2.05) is 6.92 Å². The maximum absolute atomic E-state index is 13.2. The van der Waals surface area contributed by atoms with Crippen LogP contribution in [0.2, 0.25) is 0 Å². The molecule has 8 heteroatoms. The number of nitrogens with zero attached hydrogens (tertiary/aromatic N) is 4. The molecular weight excluding hydrogens is 309 g/mol. The van der Waals surface area contributed by atoms with Gasteiger partial charge < -0.3 is 9.64 Å². The number of ether oxygens (including phenoxy) is 1. The van der Waals surface area contributed by atoms with Crippen LogP contribution in [0.4, 0.5) is 19.0 Å². The Labute approximate surface area is 131 Å². The molecule has 1 atom stereocenters.